The van der Waals surface area contributed by atoms with Crippen LogP contribution in [0.15, 0.2) is 36.5 Å². The average Bonchev–Trinajstić information content (AvgIpc) is 2.28. The summed E-state index contributed by atoms with van der Waals surface area (Å²) in [5.74, 6) is 3.23. The van der Waals surface area contributed by atoms with Gasteiger partial charge in [0.1, 0.15) is 18.5 Å². The molecule has 0 atom stereocenters. The Morgan fingerprint density at radius 3 is 2.56 bits per heavy atom. The largest absolute Gasteiger partial charge is 0.225 e. The quantitative estimate of drug-likeness (QED) is 0.571. The summed E-state index contributed by atoms with van der Waals surface area (Å²) in [5, 5.41) is 0. The first-order chi connectivity index (χ1) is 7.56. The van der Waals surface area contributed by atoms with E-state index in [2.05, 4.69) is 20.9 Å². The molecule has 0 amide bonds. The van der Waals surface area contributed by atoms with Crippen molar-refractivity contribution in [3.63, 3.8) is 0 Å². The highest BCUT2D eigenvalue weighted by Gasteiger charge is 2.19. The van der Waals surface area contributed by atoms with E-state index in [1.807, 2.05) is 32.9 Å². The molecule has 1 rings (SSSR count). The molecule has 3 heteroatoms. The fourth-order valence-electron chi connectivity index (χ4n) is 1.17. The van der Waals surface area contributed by atoms with Gasteiger partial charge in [0.15, 0.2) is 0 Å². The number of aromatic nitrogens is 3. The van der Waals surface area contributed by atoms with Gasteiger partial charge in [-0.15, -0.1) is 6.42 Å². The first-order valence-corrected chi connectivity index (χ1v) is 5.01. The molecule has 16 heavy (non-hydrogen) atoms. The van der Waals surface area contributed by atoms with Crippen LogP contribution in [0.25, 0.3) is 0 Å². The van der Waals surface area contributed by atoms with Crippen molar-refractivity contribution in [1.29, 1.82) is 0 Å². The molecule has 82 valence electrons. The van der Waals surface area contributed by atoms with E-state index < -0.39 is 0 Å². The van der Waals surface area contributed by atoms with E-state index in [9.17, 15) is 0 Å². The van der Waals surface area contributed by atoms with Crippen molar-refractivity contribution in [2.45, 2.75) is 26.2 Å². The van der Waals surface area contributed by atoms with Gasteiger partial charge in [0.25, 0.3) is 0 Å². The first kappa shape index (κ1) is 12.1. The molecule has 1 heterocycles. The second-order valence-electron chi connectivity index (χ2n) is 4.07. The predicted octanol–water partition coefficient (Wildman–Crippen LogP) is 2.28. The molecule has 0 aliphatic carbocycles. The van der Waals surface area contributed by atoms with Crippen LogP contribution >= 0.6 is 0 Å². The summed E-state index contributed by atoms with van der Waals surface area (Å²) < 4.78 is 0. The topological polar surface area (TPSA) is 38.7 Å². The zero-order valence-corrected chi connectivity index (χ0v) is 9.81. The van der Waals surface area contributed by atoms with Gasteiger partial charge in [-0.2, -0.15) is 0 Å². The summed E-state index contributed by atoms with van der Waals surface area (Å²) in [6.45, 7) is 6.05. The molecule has 3 nitrogen and oxygen atoms in total. The summed E-state index contributed by atoms with van der Waals surface area (Å²) in [6, 6.07) is 0. The van der Waals surface area contributed by atoms with Gasteiger partial charge in [-0.25, -0.2) is 15.0 Å². The fraction of sp³-hybridized carbons (Fsp3) is 0.308. The highest BCUT2D eigenvalue weighted by Crippen LogP contribution is 2.20. The average molecular weight is 213 g/mol. The summed E-state index contributed by atoms with van der Waals surface area (Å²) in [4.78, 5) is 12.1. The van der Waals surface area contributed by atoms with Crippen LogP contribution in [0.3, 0.4) is 0 Å². The molecular weight excluding hydrogens is 198 g/mol. The third-order valence-corrected chi connectivity index (χ3v) is 2.14. The number of allylic oxidation sites excluding steroid dienone is 4. The Kier molecular flexibility index (Phi) is 3.96. The molecular formula is C13H15N3. The Morgan fingerprint density at radius 2 is 2.00 bits per heavy atom. The lowest BCUT2D eigenvalue weighted by atomic mass is 9.91. The lowest BCUT2D eigenvalue weighted by Gasteiger charge is -2.17. The summed E-state index contributed by atoms with van der Waals surface area (Å²) in [5.41, 5.74) is 0.803. The lowest BCUT2D eigenvalue weighted by molar-refractivity contribution is 0.607. The maximum Gasteiger partial charge on any atom is 0.141 e. The second-order valence-corrected chi connectivity index (χ2v) is 4.07. The Morgan fingerprint density at radius 1 is 1.38 bits per heavy atom. The van der Waals surface area contributed by atoms with E-state index in [4.69, 9.17) is 6.42 Å². The van der Waals surface area contributed by atoms with Gasteiger partial charge in [-0.1, -0.05) is 18.1 Å². The van der Waals surface area contributed by atoms with E-state index >= 15 is 0 Å². The molecule has 0 spiro atoms. The molecule has 0 saturated carbocycles. The molecule has 0 radical (unpaired) electrons. The molecule has 0 aliphatic rings. The fourth-order valence-corrected chi connectivity index (χ4v) is 1.17. The molecule has 0 fully saturated rings. The molecule has 0 unspecified atom stereocenters. The standard InChI is InChI=1S/C13H15N3/c1-5-6-11(2)7-8-13(3,4)12-15-9-14-10-16-12/h1,6-10H,2-4H3/b8-7-,11-6-. The zero-order chi connectivity index (χ0) is 12.0. The minimum absolute atomic E-state index is 0.230. The number of rotatable bonds is 3. The molecule has 1 aromatic rings. The Hall–Kier alpha value is -1.95. The minimum atomic E-state index is -0.230. The van der Waals surface area contributed by atoms with E-state index in [0.29, 0.717) is 0 Å². The van der Waals surface area contributed by atoms with Crippen molar-refractivity contribution in [3.8, 4) is 12.3 Å². The highest BCUT2D eigenvalue weighted by atomic mass is 15.0. The van der Waals surface area contributed by atoms with Crippen molar-refractivity contribution in [3.05, 3.63) is 42.3 Å². The molecule has 0 saturated heterocycles. The molecule has 0 aromatic carbocycles. The number of nitrogens with zero attached hydrogens (tertiary/aromatic N) is 3. The van der Waals surface area contributed by atoms with Gasteiger partial charge in [-0.3, -0.25) is 0 Å². The minimum Gasteiger partial charge on any atom is -0.225 e. The summed E-state index contributed by atoms with van der Waals surface area (Å²) in [6.07, 6.45) is 13.9. The smallest absolute Gasteiger partial charge is 0.141 e. The van der Waals surface area contributed by atoms with Crippen LogP contribution in [0, 0.1) is 12.3 Å². The molecule has 0 bridgehead atoms. The normalized spacial score (nSPS) is 12.8. The van der Waals surface area contributed by atoms with Crippen LogP contribution in [0.4, 0.5) is 0 Å². The van der Waals surface area contributed by atoms with E-state index in [0.717, 1.165) is 11.4 Å². The zero-order valence-electron chi connectivity index (χ0n) is 9.81. The van der Waals surface area contributed by atoms with Gasteiger partial charge in [0, 0.05) is 5.41 Å². The third kappa shape index (κ3) is 3.32. The van der Waals surface area contributed by atoms with Gasteiger partial charge < -0.3 is 0 Å². The van der Waals surface area contributed by atoms with Crippen LogP contribution in [-0.2, 0) is 5.41 Å². The van der Waals surface area contributed by atoms with Gasteiger partial charge in [0.05, 0.1) is 0 Å². The highest BCUT2D eigenvalue weighted by molar-refractivity contribution is 5.28. The third-order valence-electron chi connectivity index (χ3n) is 2.14. The van der Waals surface area contributed by atoms with Crippen LogP contribution in [0.2, 0.25) is 0 Å². The number of terminal acetylenes is 1. The van der Waals surface area contributed by atoms with E-state index in [1.54, 1.807) is 6.08 Å². The van der Waals surface area contributed by atoms with Gasteiger partial charge in [0.2, 0.25) is 0 Å². The first-order valence-electron chi connectivity index (χ1n) is 5.01. The number of hydrogen-bond donors (Lipinski definition) is 0. The Labute approximate surface area is 96.4 Å². The maximum atomic E-state index is 5.19. The lowest BCUT2D eigenvalue weighted by Crippen LogP contribution is -2.17. The van der Waals surface area contributed by atoms with E-state index in [1.165, 1.54) is 12.7 Å². The second kappa shape index (κ2) is 5.22. The summed E-state index contributed by atoms with van der Waals surface area (Å²) >= 11 is 0. The molecule has 0 N–H and O–H groups in total. The van der Waals surface area contributed by atoms with Crippen molar-refractivity contribution in [2.75, 3.05) is 0 Å². The van der Waals surface area contributed by atoms with Crippen molar-refractivity contribution in [1.82, 2.24) is 15.0 Å². The van der Waals surface area contributed by atoms with Crippen molar-refractivity contribution < 1.29 is 0 Å². The monoisotopic (exact) mass is 213 g/mol. The Balaban J connectivity index is 2.89. The molecule has 1 aromatic heterocycles. The van der Waals surface area contributed by atoms with Crippen LogP contribution in [-0.4, -0.2) is 15.0 Å². The van der Waals surface area contributed by atoms with Gasteiger partial charge >= 0.3 is 0 Å². The molecule has 0 aliphatic heterocycles. The maximum absolute atomic E-state index is 5.19. The van der Waals surface area contributed by atoms with Crippen LogP contribution in [0.1, 0.15) is 26.6 Å². The number of hydrogen-bond acceptors (Lipinski definition) is 3. The summed E-state index contributed by atoms with van der Waals surface area (Å²) in [7, 11) is 0. The SMILES string of the molecule is C#C/C=C(C)\C=C/C(C)(C)c1ncncn1. The van der Waals surface area contributed by atoms with Crippen molar-refractivity contribution >= 4 is 0 Å². The predicted molar refractivity (Wildman–Crippen MR) is 64.6 cm³/mol. The van der Waals surface area contributed by atoms with E-state index in [-0.39, 0.29) is 5.41 Å². The van der Waals surface area contributed by atoms with Gasteiger partial charge in [-0.05, 0) is 32.4 Å². The van der Waals surface area contributed by atoms with Crippen LogP contribution < -0.4 is 0 Å². The van der Waals surface area contributed by atoms with Crippen LogP contribution in [0.5, 0.6) is 0 Å². The Bertz CT molecular complexity index is 436. The van der Waals surface area contributed by atoms with Crippen molar-refractivity contribution in [2.24, 2.45) is 0 Å².